The molecule has 1 aliphatic rings. The Morgan fingerprint density at radius 1 is 1.14 bits per heavy atom. The third kappa shape index (κ3) is 2.74. The van der Waals surface area contributed by atoms with E-state index in [1.165, 1.54) is 28.4 Å². The molecular formula is C21H16F2N4OS. The Labute approximate surface area is 169 Å². The van der Waals surface area contributed by atoms with E-state index in [1.807, 2.05) is 6.92 Å². The predicted octanol–water partition coefficient (Wildman–Crippen LogP) is 5.00. The average molecular weight is 410 g/mol. The lowest BCUT2D eigenvalue weighted by Crippen LogP contribution is -2.54. The van der Waals surface area contributed by atoms with Crippen molar-refractivity contribution in [3.8, 4) is 10.4 Å². The summed E-state index contributed by atoms with van der Waals surface area (Å²) in [6.07, 6.45) is 3.17. The standard InChI is InChI=1S/C21H16F2N4OS/c1-10-20(27(21(10)28)13-3-4-16-17(7-13)26-9-25-16)19-14(22)5-12(6-15(19)23)18-8-24-11(2)29-18/h3-10,20H,1-2H3,(H,25,26)/t10-,20-/m1/s1. The van der Waals surface area contributed by atoms with Gasteiger partial charge in [0.25, 0.3) is 0 Å². The van der Waals surface area contributed by atoms with Gasteiger partial charge in [0.2, 0.25) is 5.91 Å². The Kier molecular flexibility index (Phi) is 3.99. The van der Waals surface area contributed by atoms with Gasteiger partial charge >= 0.3 is 0 Å². The highest BCUT2D eigenvalue weighted by Gasteiger charge is 2.48. The number of carbonyl (C=O) groups excluding carboxylic acids is 1. The zero-order valence-electron chi connectivity index (χ0n) is 15.6. The molecule has 3 heterocycles. The predicted molar refractivity (Wildman–Crippen MR) is 108 cm³/mol. The number of aromatic amines is 1. The number of β-lactam (4-membered cyclic amide) rings is 1. The summed E-state index contributed by atoms with van der Waals surface area (Å²) < 4.78 is 30.1. The summed E-state index contributed by atoms with van der Waals surface area (Å²) in [6, 6.07) is 7.21. The van der Waals surface area contributed by atoms with Gasteiger partial charge in [-0.25, -0.2) is 18.7 Å². The highest BCUT2D eigenvalue weighted by molar-refractivity contribution is 7.15. The molecule has 0 bridgehead atoms. The van der Waals surface area contributed by atoms with Gasteiger partial charge in [0, 0.05) is 17.4 Å². The number of hydrogen-bond acceptors (Lipinski definition) is 4. The first-order chi connectivity index (χ1) is 13.9. The quantitative estimate of drug-likeness (QED) is 0.484. The van der Waals surface area contributed by atoms with Crippen LogP contribution in [0.15, 0.2) is 42.9 Å². The van der Waals surface area contributed by atoms with Crippen LogP contribution in [0, 0.1) is 24.5 Å². The minimum atomic E-state index is -0.708. The SMILES string of the molecule is Cc1ncc(-c2cc(F)c([C@H]3[C@@H](C)C(=O)N3c3ccc4nc[nH]c4c3)c(F)c2)s1. The number of rotatable bonds is 3. The summed E-state index contributed by atoms with van der Waals surface area (Å²) in [5.41, 5.74) is 2.44. The van der Waals surface area contributed by atoms with Gasteiger partial charge in [-0.3, -0.25) is 4.79 Å². The normalized spacial score (nSPS) is 19.0. The fourth-order valence-electron chi connectivity index (χ4n) is 3.88. The van der Waals surface area contributed by atoms with Crippen molar-refractivity contribution in [3.05, 3.63) is 65.1 Å². The van der Waals surface area contributed by atoms with Crippen molar-refractivity contribution in [2.45, 2.75) is 19.9 Å². The maximum Gasteiger partial charge on any atom is 0.232 e. The molecule has 0 radical (unpaired) electrons. The first-order valence-electron chi connectivity index (χ1n) is 9.12. The number of amides is 1. The van der Waals surface area contributed by atoms with E-state index in [9.17, 15) is 4.79 Å². The molecule has 8 heteroatoms. The van der Waals surface area contributed by atoms with Gasteiger partial charge in [0.05, 0.1) is 39.2 Å². The van der Waals surface area contributed by atoms with E-state index in [-0.39, 0.29) is 11.5 Å². The lowest BCUT2D eigenvalue weighted by molar-refractivity contribution is -0.129. The molecule has 2 aromatic heterocycles. The molecule has 29 heavy (non-hydrogen) atoms. The molecule has 0 spiro atoms. The van der Waals surface area contributed by atoms with E-state index in [0.717, 1.165) is 16.0 Å². The first kappa shape index (κ1) is 17.9. The van der Waals surface area contributed by atoms with E-state index in [4.69, 9.17) is 0 Å². The van der Waals surface area contributed by atoms with Gasteiger partial charge in [0.1, 0.15) is 11.6 Å². The minimum absolute atomic E-state index is 0.0909. The smallest absolute Gasteiger partial charge is 0.232 e. The van der Waals surface area contributed by atoms with Crippen molar-refractivity contribution >= 4 is 34.0 Å². The number of aromatic nitrogens is 3. The van der Waals surface area contributed by atoms with Gasteiger partial charge in [-0.15, -0.1) is 11.3 Å². The van der Waals surface area contributed by atoms with Gasteiger partial charge in [-0.1, -0.05) is 6.92 Å². The molecule has 0 unspecified atom stereocenters. The van der Waals surface area contributed by atoms with Crippen LogP contribution in [-0.2, 0) is 4.79 Å². The number of hydrogen-bond donors (Lipinski definition) is 1. The van der Waals surface area contributed by atoms with E-state index in [2.05, 4.69) is 15.0 Å². The number of aryl methyl sites for hydroxylation is 1. The number of thiazole rings is 1. The number of anilines is 1. The van der Waals surface area contributed by atoms with Crippen molar-refractivity contribution in [2.75, 3.05) is 4.90 Å². The van der Waals surface area contributed by atoms with Crippen LogP contribution >= 0.6 is 11.3 Å². The number of nitrogens with one attached hydrogen (secondary N) is 1. The fourth-order valence-corrected chi connectivity index (χ4v) is 4.64. The Balaban J connectivity index is 1.57. The van der Waals surface area contributed by atoms with Crippen molar-refractivity contribution in [1.29, 1.82) is 0 Å². The molecule has 0 aliphatic carbocycles. The number of H-pyrrole nitrogens is 1. The summed E-state index contributed by atoms with van der Waals surface area (Å²) in [4.78, 5) is 26.0. The van der Waals surface area contributed by atoms with Crippen LogP contribution in [0.2, 0.25) is 0 Å². The molecular weight excluding hydrogens is 394 g/mol. The van der Waals surface area contributed by atoms with Crippen molar-refractivity contribution in [1.82, 2.24) is 15.0 Å². The largest absolute Gasteiger partial charge is 0.345 e. The number of halogens is 2. The summed E-state index contributed by atoms with van der Waals surface area (Å²) in [7, 11) is 0. The monoisotopic (exact) mass is 410 g/mol. The van der Waals surface area contributed by atoms with Crippen molar-refractivity contribution < 1.29 is 13.6 Å². The molecule has 1 fully saturated rings. The van der Waals surface area contributed by atoms with Crippen LogP contribution in [0.3, 0.4) is 0 Å². The topological polar surface area (TPSA) is 61.9 Å². The molecule has 1 amide bonds. The molecule has 5 rings (SSSR count). The van der Waals surface area contributed by atoms with E-state index >= 15 is 8.78 Å². The van der Waals surface area contributed by atoms with Crippen LogP contribution in [0.25, 0.3) is 21.5 Å². The number of imidazole rings is 1. The summed E-state index contributed by atoms with van der Waals surface area (Å²) >= 11 is 1.37. The van der Waals surface area contributed by atoms with Crippen LogP contribution in [0.4, 0.5) is 14.5 Å². The third-order valence-corrected chi connectivity index (χ3v) is 6.30. The molecule has 5 nitrogen and oxygen atoms in total. The van der Waals surface area contributed by atoms with E-state index < -0.39 is 23.6 Å². The number of nitrogens with zero attached hydrogens (tertiary/aromatic N) is 3. The molecule has 2 aromatic carbocycles. The van der Waals surface area contributed by atoms with Crippen molar-refractivity contribution in [2.24, 2.45) is 5.92 Å². The summed E-state index contributed by atoms with van der Waals surface area (Å²) in [6.45, 7) is 3.53. The van der Waals surface area contributed by atoms with Gasteiger partial charge < -0.3 is 9.88 Å². The maximum absolute atomic E-state index is 15.1. The molecule has 1 aliphatic heterocycles. The maximum atomic E-state index is 15.1. The first-order valence-corrected chi connectivity index (χ1v) is 9.93. The Morgan fingerprint density at radius 2 is 1.90 bits per heavy atom. The van der Waals surface area contributed by atoms with Crippen LogP contribution in [-0.4, -0.2) is 20.9 Å². The number of benzene rings is 2. The highest BCUT2D eigenvalue weighted by Crippen LogP contribution is 2.46. The van der Waals surface area contributed by atoms with Gasteiger partial charge in [-0.05, 0) is 42.8 Å². The lowest BCUT2D eigenvalue weighted by Gasteiger charge is -2.46. The Bertz CT molecular complexity index is 1240. The van der Waals surface area contributed by atoms with Crippen molar-refractivity contribution in [3.63, 3.8) is 0 Å². The molecule has 1 saturated heterocycles. The second-order valence-electron chi connectivity index (χ2n) is 7.14. The highest BCUT2D eigenvalue weighted by atomic mass is 32.1. The zero-order valence-corrected chi connectivity index (χ0v) is 16.4. The molecule has 146 valence electrons. The molecule has 0 saturated carbocycles. The Morgan fingerprint density at radius 3 is 2.59 bits per heavy atom. The molecule has 2 atom stereocenters. The Hall–Kier alpha value is -3.13. The van der Waals surface area contributed by atoms with Crippen LogP contribution in [0.5, 0.6) is 0 Å². The van der Waals surface area contributed by atoms with E-state index in [0.29, 0.717) is 16.1 Å². The van der Waals surface area contributed by atoms with E-state index in [1.54, 1.807) is 37.6 Å². The molecule has 1 N–H and O–H groups in total. The lowest BCUT2D eigenvalue weighted by atomic mass is 9.82. The van der Waals surface area contributed by atoms with Crippen LogP contribution < -0.4 is 4.90 Å². The number of carbonyl (C=O) groups is 1. The van der Waals surface area contributed by atoms with Crippen LogP contribution in [0.1, 0.15) is 23.5 Å². The second-order valence-corrected chi connectivity index (χ2v) is 8.38. The zero-order chi connectivity index (χ0) is 20.3. The number of fused-ring (bicyclic) bond motifs is 1. The fraction of sp³-hybridized carbons (Fsp3) is 0.190. The summed E-state index contributed by atoms with van der Waals surface area (Å²) in [5, 5.41) is 0.823. The van der Waals surface area contributed by atoms with Gasteiger partial charge in [0.15, 0.2) is 0 Å². The third-order valence-electron chi connectivity index (χ3n) is 5.34. The molecule has 4 aromatic rings. The minimum Gasteiger partial charge on any atom is -0.345 e. The second kappa shape index (κ2) is 6.45. The average Bonchev–Trinajstić information content (AvgIpc) is 3.34. The summed E-state index contributed by atoms with van der Waals surface area (Å²) in [5.74, 6) is -2.02. The van der Waals surface area contributed by atoms with Gasteiger partial charge in [-0.2, -0.15) is 0 Å².